The summed E-state index contributed by atoms with van der Waals surface area (Å²) in [7, 11) is 1.73. The van der Waals surface area contributed by atoms with Crippen LogP contribution in [-0.2, 0) is 10.3 Å². The van der Waals surface area contributed by atoms with Crippen LogP contribution < -0.4 is 5.32 Å². The molecule has 3 nitrogen and oxygen atoms in total. The number of ether oxygens (including phenoxy) is 1. The van der Waals surface area contributed by atoms with Crippen molar-refractivity contribution < 1.29 is 4.74 Å². The molecule has 1 aliphatic rings. The van der Waals surface area contributed by atoms with Crippen LogP contribution in [0.1, 0.15) is 30.6 Å². The summed E-state index contributed by atoms with van der Waals surface area (Å²) in [5, 5.41) is 6.71. The Bertz CT molecular complexity index is 346. The van der Waals surface area contributed by atoms with E-state index in [0.29, 0.717) is 6.04 Å². The summed E-state index contributed by atoms with van der Waals surface area (Å²) in [5.74, 6) is 2.33. The van der Waals surface area contributed by atoms with Gasteiger partial charge >= 0.3 is 0 Å². The molecule has 0 aromatic carbocycles. The predicted octanol–water partition coefficient (Wildman–Crippen LogP) is 2.40. The lowest BCUT2D eigenvalue weighted by molar-refractivity contribution is 0.0189. The van der Waals surface area contributed by atoms with Gasteiger partial charge in [0.25, 0.3) is 0 Å². The van der Waals surface area contributed by atoms with Gasteiger partial charge in [0.15, 0.2) is 0 Å². The third-order valence-corrected chi connectivity index (χ3v) is 5.05. The molecule has 1 fully saturated rings. The fourth-order valence-electron chi connectivity index (χ4n) is 1.57. The largest absolute Gasteiger partial charge is 0.372 e. The predicted molar refractivity (Wildman–Crippen MR) is 70.2 cm³/mol. The van der Waals surface area contributed by atoms with Crippen molar-refractivity contribution in [3.05, 3.63) is 16.1 Å². The Morgan fingerprint density at radius 1 is 1.56 bits per heavy atom. The molecule has 1 unspecified atom stereocenters. The van der Waals surface area contributed by atoms with Gasteiger partial charge in [-0.3, -0.25) is 0 Å². The topological polar surface area (TPSA) is 34.1 Å². The lowest BCUT2D eigenvalue weighted by Gasteiger charge is -2.22. The molecule has 0 amide bonds. The molecule has 90 valence electrons. The molecule has 0 radical (unpaired) electrons. The van der Waals surface area contributed by atoms with Crippen LogP contribution in [0.2, 0.25) is 0 Å². The molecule has 1 aliphatic heterocycles. The van der Waals surface area contributed by atoms with Crippen LogP contribution in [0, 0.1) is 0 Å². The van der Waals surface area contributed by atoms with E-state index in [4.69, 9.17) is 9.72 Å². The van der Waals surface area contributed by atoms with Crippen LogP contribution in [0.5, 0.6) is 0 Å². The summed E-state index contributed by atoms with van der Waals surface area (Å²) in [5.41, 5.74) is 0.891. The maximum atomic E-state index is 5.45. The lowest BCUT2D eigenvalue weighted by Crippen LogP contribution is -2.30. The van der Waals surface area contributed by atoms with Gasteiger partial charge in [0.2, 0.25) is 0 Å². The molecule has 0 spiro atoms. The summed E-state index contributed by atoms with van der Waals surface area (Å²) in [6.45, 7) is 5.19. The fraction of sp³-hybridized carbons (Fsp3) is 0.727. The van der Waals surface area contributed by atoms with Crippen molar-refractivity contribution in [1.82, 2.24) is 10.3 Å². The molecule has 1 saturated heterocycles. The number of hydrogen-bond donors (Lipinski definition) is 1. The Labute approximate surface area is 105 Å². The lowest BCUT2D eigenvalue weighted by atomic mass is 10.1. The van der Waals surface area contributed by atoms with E-state index >= 15 is 0 Å². The number of hydrogen-bond acceptors (Lipinski definition) is 5. The van der Waals surface area contributed by atoms with Crippen molar-refractivity contribution in [2.75, 3.05) is 25.2 Å². The van der Waals surface area contributed by atoms with Gasteiger partial charge in [0.05, 0.1) is 11.7 Å². The first-order valence-corrected chi connectivity index (χ1v) is 7.49. The highest BCUT2D eigenvalue weighted by Crippen LogP contribution is 2.30. The summed E-state index contributed by atoms with van der Waals surface area (Å²) < 4.78 is 5.45. The van der Waals surface area contributed by atoms with Gasteiger partial charge in [-0.15, -0.1) is 11.3 Å². The number of thioether (sulfide) groups is 1. The van der Waals surface area contributed by atoms with E-state index in [1.165, 1.54) is 5.75 Å². The van der Waals surface area contributed by atoms with Crippen molar-refractivity contribution in [2.45, 2.75) is 25.5 Å². The van der Waals surface area contributed by atoms with Crippen LogP contribution in [0.3, 0.4) is 0 Å². The molecule has 1 aromatic heterocycles. The highest BCUT2D eigenvalue weighted by molar-refractivity contribution is 7.99. The Morgan fingerprint density at radius 2 is 2.38 bits per heavy atom. The van der Waals surface area contributed by atoms with Gasteiger partial charge in [-0.2, -0.15) is 11.8 Å². The third kappa shape index (κ3) is 2.59. The van der Waals surface area contributed by atoms with E-state index in [9.17, 15) is 0 Å². The van der Waals surface area contributed by atoms with E-state index < -0.39 is 0 Å². The number of nitrogens with one attached hydrogen (secondary N) is 1. The number of methoxy groups -OCH3 is 1. The van der Waals surface area contributed by atoms with Gasteiger partial charge in [0, 0.05) is 30.5 Å². The van der Waals surface area contributed by atoms with Crippen LogP contribution in [-0.4, -0.2) is 30.1 Å². The van der Waals surface area contributed by atoms with Gasteiger partial charge < -0.3 is 10.1 Å². The number of aromatic nitrogens is 1. The second-order valence-electron chi connectivity index (χ2n) is 4.37. The number of nitrogens with zero attached hydrogens (tertiary/aromatic N) is 1. The molecule has 1 atom stereocenters. The fourth-order valence-corrected chi connectivity index (χ4v) is 3.49. The second kappa shape index (κ2) is 5.04. The van der Waals surface area contributed by atoms with Gasteiger partial charge in [0.1, 0.15) is 10.6 Å². The van der Waals surface area contributed by atoms with Crippen molar-refractivity contribution >= 4 is 23.1 Å². The molecule has 2 rings (SSSR count). The minimum atomic E-state index is -0.273. The second-order valence-corrected chi connectivity index (χ2v) is 6.38. The molecule has 5 heteroatoms. The zero-order valence-corrected chi connectivity index (χ0v) is 11.6. The van der Waals surface area contributed by atoms with E-state index in [0.717, 1.165) is 23.0 Å². The molecule has 1 aromatic rings. The normalized spacial score (nSPS) is 22.3. The highest BCUT2D eigenvalue weighted by atomic mass is 32.2. The van der Waals surface area contributed by atoms with Gasteiger partial charge in [-0.25, -0.2) is 4.98 Å². The van der Waals surface area contributed by atoms with Crippen molar-refractivity contribution in [3.63, 3.8) is 0 Å². The quantitative estimate of drug-likeness (QED) is 0.903. The standard InChI is InChI=1S/C11H18N2OS2/c1-11(2,14-3)10-13-9(7-16-10)8-6-15-5-4-12-8/h7-8,12H,4-6H2,1-3H3. The smallest absolute Gasteiger partial charge is 0.124 e. The monoisotopic (exact) mass is 258 g/mol. The van der Waals surface area contributed by atoms with Crippen LogP contribution in [0.4, 0.5) is 0 Å². The molecule has 0 aliphatic carbocycles. The summed E-state index contributed by atoms with van der Waals surface area (Å²) in [6.07, 6.45) is 0. The number of thiazole rings is 1. The van der Waals surface area contributed by atoms with Crippen LogP contribution in [0.15, 0.2) is 5.38 Å². The number of rotatable bonds is 3. The van der Waals surface area contributed by atoms with E-state index in [-0.39, 0.29) is 5.60 Å². The molecule has 0 bridgehead atoms. The maximum Gasteiger partial charge on any atom is 0.124 e. The van der Waals surface area contributed by atoms with Gasteiger partial charge in [-0.05, 0) is 13.8 Å². The zero-order chi connectivity index (χ0) is 11.6. The molecule has 1 N–H and O–H groups in total. The molecule has 0 saturated carbocycles. The van der Waals surface area contributed by atoms with Crippen molar-refractivity contribution in [1.29, 1.82) is 0 Å². The Balaban J connectivity index is 2.12. The molecular formula is C11H18N2OS2. The summed E-state index contributed by atoms with van der Waals surface area (Å²) >= 11 is 3.68. The molecule has 16 heavy (non-hydrogen) atoms. The van der Waals surface area contributed by atoms with E-state index in [2.05, 4.69) is 24.5 Å². The van der Waals surface area contributed by atoms with E-state index in [1.807, 2.05) is 11.8 Å². The molecular weight excluding hydrogens is 240 g/mol. The van der Waals surface area contributed by atoms with Crippen LogP contribution >= 0.6 is 23.1 Å². The maximum absolute atomic E-state index is 5.45. The minimum Gasteiger partial charge on any atom is -0.372 e. The Hall–Kier alpha value is -0.100. The highest BCUT2D eigenvalue weighted by Gasteiger charge is 2.25. The average Bonchev–Trinajstić information content (AvgIpc) is 2.80. The molecule has 2 heterocycles. The van der Waals surface area contributed by atoms with Gasteiger partial charge in [-0.1, -0.05) is 0 Å². The zero-order valence-electron chi connectivity index (χ0n) is 9.95. The average molecular weight is 258 g/mol. The summed E-state index contributed by atoms with van der Waals surface area (Å²) in [6, 6.07) is 0.413. The minimum absolute atomic E-state index is 0.273. The first-order valence-electron chi connectivity index (χ1n) is 5.45. The Morgan fingerprint density at radius 3 is 3.00 bits per heavy atom. The Kier molecular flexibility index (Phi) is 3.89. The van der Waals surface area contributed by atoms with E-state index in [1.54, 1.807) is 18.4 Å². The summed E-state index contributed by atoms with van der Waals surface area (Å²) in [4.78, 5) is 4.69. The third-order valence-electron chi connectivity index (χ3n) is 2.83. The first-order chi connectivity index (χ1) is 7.63. The van der Waals surface area contributed by atoms with Crippen molar-refractivity contribution in [3.8, 4) is 0 Å². The van der Waals surface area contributed by atoms with Crippen LogP contribution in [0.25, 0.3) is 0 Å². The SMILES string of the molecule is COC(C)(C)c1nc(C2CSCCN2)cs1. The van der Waals surface area contributed by atoms with Crippen molar-refractivity contribution in [2.24, 2.45) is 0 Å². The first kappa shape index (κ1) is 12.4.